The fourth-order valence-electron chi connectivity index (χ4n) is 1.29. The van der Waals surface area contributed by atoms with Crippen molar-refractivity contribution in [3.05, 3.63) is 5.82 Å². The zero-order chi connectivity index (χ0) is 13.0. The molecule has 0 saturated carbocycles. The van der Waals surface area contributed by atoms with Gasteiger partial charge in [0.15, 0.2) is 5.16 Å². The second kappa shape index (κ2) is 6.02. The topological polar surface area (TPSA) is 85.8 Å². The molecule has 0 aliphatic rings. The second-order valence-corrected chi connectivity index (χ2v) is 5.16. The molecule has 1 atom stereocenters. The number of nitrogens with one attached hydrogen (secondary N) is 1. The van der Waals surface area contributed by atoms with Gasteiger partial charge in [0.25, 0.3) is 0 Å². The summed E-state index contributed by atoms with van der Waals surface area (Å²) in [5, 5.41) is 11.9. The molecule has 3 N–H and O–H groups in total. The third-order valence-corrected chi connectivity index (χ3v) is 3.42. The van der Waals surface area contributed by atoms with Gasteiger partial charge < -0.3 is 15.6 Å². The lowest BCUT2D eigenvalue weighted by atomic mass is 10.3. The molecule has 1 aromatic heterocycles. The molecule has 0 saturated heterocycles. The molecule has 1 amide bonds. The van der Waals surface area contributed by atoms with E-state index in [1.165, 1.54) is 11.8 Å². The van der Waals surface area contributed by atoms with Crippen LogP contribution in [-0.4, -0.2) is 38.5 Å². The van der Waals surface area contributed by atoms with Crippen molar-refractivity contribution in [2.45, 2.75) is 38.0 Å². The minimum absolute atomic E-state index is 0.217. The van der Waals surface area contributed by atoms with E-state index in [9.17, 15) is 4.79 Å². The normalized spacial score (nSPS) is 13.0. The Morgan fingerprint density at radius 2 is 2.18 bits per heavy atom. The number of carbonyl (C=O) groups excluding carboxylic acids is 1. The van der Waals surface area contributed by atoms with Crippen molar-refractivity contribution < 1.29 is 4.79 Å². The van der Waals surface area contributed by atoms with E-state index in [1.807, 2.05) is 32.4 Å². The Morgan fingerprint density at radius 1 is 1.53 bits per heavy atom. The number of hydrogen-bond donors (Lipinski definition) is 2. The summed E-state index contributed by atoms with van der Waals surface area (Å²) in [4.78, 5) is 11.2. The third-order valence-electron chi connectivity index (χ3n) is 2.31. The fourth-order valence-corrected chi connectivity index (χ4v) is 2.29. The van der Waals surface area contributed by atoms with Gasteiger partial charge in [-0.05, 0) is 6.92 Å². The van der Waals surface area contributed by atoms with E-state index in [0.29, 0.717) is 5.75 Å². The molecule has 1 rings (SSSR count). The molecule has 0 radical (unpaired) electrons. The number of amides is 1. The van der Waals surface area contributed by atoms with Crippen molar-refractivity contribution >= 4 is 17.7 Å². The molecule has 0 spiro atoms. The van der Waals surface area contributed by atoms with Gasteiger partial charge in [0, 0.05) is 18.8 Å². The number of carbonyl (C=O) groups is 1. The summed E-state index contributed by atoms with van der Waals surface area (Å²) in [7, 11) is 1.90. The number of aryl methyl sites for hydroxylation is 1. The Hall–Kier alpha value is -1.08. The van der Waals surface area contributed by atoms with E-state index < -0.39 is 0 Å². The minimum atomic E-state index is -0.350. The molecule has 1 heterocycles. The number of nitrogens with zero attached hydrogens (tertiary/aromatic N) is 3. The van der Waals surface area contributed by atoms with Crippen LogP contribution in [0.3, 0.4) is 0 Å². The van der Waals surface area contributed by atoms with E-state index in [1.54, 1.807) is 0 Å². The molecule has 7 heteroatoms. The SMILES string of the molecule is Cc1nnc(SCC(NC(C)C)C(N)=O)n1C. The highest BCUT2D eigenvalue weighted by Crippen LogP contribution is 2.16. The van der Waals surface area contributed by atoms with Crippen molar-refractivity contribution in [1.29, 1.82) is 0 Å². The highest BCUT2D eigenvalue weighted by Gasteiger charge is 2.17. The maximum absolute atomic E-state index is 11.2. The minimum Gasteiger partial charge on any atom is -0.368 e. The first-order chi connectivity index (χ1) is 7.91. The third kappa shape index (κ3) is 4.01. The standard InChI is InChI=1S/C10H19N5OS/c1-6(2)12-8(9(11)16)5-17-10-14-13-7(3)15(10)4/h6,8,12H,5H2,1-4H3,(H2,11,16). The van der Waals surface area contributed by atoms with Crippen LogP contribution in [0.4, 0.5) is 0 Å². The zero-order valence-corrected chi connectivity index (χ0v) is 11.4. The number of aromatic nitrogens is 3. The van der Waals surface area contributed by atoms with Crippen LogP contribution in [0.2, 0.25) is 0 Å². The van der Waals surface area contributed by atoms with Crippen molar-refractivity contribution in [2.24, 2.45) is 12.8 Å². The van der Waals surface area contributed by atoms with Crippen molar-refractivity contribution in [1.82, 2.24) is 20.1 Å². The zero-order valence-electron chi connectivity index (χ0n) is 10.6. The fraction of sp³-hybridized carbons (Fsp3) is 0.700. The van der Waals surface area contributed by atoms with Gasteiger partial charge in [-0.2, -0.15) is 0 Å². The van der Waals surface area contributed by atoms with Gasteiger partial charge in [-0.3, -0.25) is 4.79 Å². The van der Waals surface area contributed by atoms with Gasteiger partial charge in [-0.25, -0.2) is 0 Å². The lowest BCUT2D eigenvalue weighted by molar-refractivity contribution is -0.119. The smallest absolute Gasteiger partial charge is 0.235 e. The molecule has 6 nitrogen and oxygen atoms in total. The van der Waals surface area contributed by atoms with Gasteiger partial charge in [0.2, 0.25) is 5.91 Å². The molecule has 17 heavy (non-hydrogen) atoms. The molecular formula is C10H19N5OS. The number of nitrogens with two attached hydrogens (primary N) is 1. The number of rotatable bonds is 6. The predicted octanol–water partition coefficient (Wildman–Crippen LogP) is 0.0675. The maximum atomic E-state index is 11.2. The van der Waals surface area contributed by atoms with Gasteiger partial charge in [0.05, 0.1) is 6.04 Å². The molecule has 0 aliphatic heterocycles. The van der Waals surface area contributed by atoms with Gasteiger partial charge in [-0.1, -0.05) is 25.6 Å². The summed E-state index contributed by atoms with van der Waals surface area (Å²) in [6.07, 6.45) is 0. The average molecular weight is 257 g/mol. The van der Waals surface area contributed by atoms with E-state index in [2.05, 4.69) is 15.5 Å². The summed E-state index contributed by atoms with van der Waals surface area (Å²) in [6.45, 7) is 5.84. The molecule has 0 aliphatic carbocycles. The first-order valence-corrected chi connectivity index (χ1v) is 6.44. The van der Waals surface area contributed by atoms with Crippen LogP contribution >= 0.6 is 11.8 Å². The van der Waals surface area contributed by atoms with Crippen LogP contribution in [0, 0.1) is 6.92 Å². The Labute approximate surface area is 105 Å². The molecule has 96 valence electrons. The molecular weight excluding hydrogens is 238 g/mol. The van der Waals surface area contributed by atoms with Crippen LogP contribution in [-0.2, 0) is 11.8 Å². The van der Waals surface area contributed by atoms with Crippen molar-refractivity contribution in [2.75, 3.05) is 5.75 Å². The Bertz CT molecular complexity index is 390. The molecule has 1 aromatic rings. The Balaban J connectivity index is 2.58. The number of primary amides is 1. The second-order valence-electron chi connectivity index (χ2n) is 4.18. The van der Waals surface area contributed by atoms with Crippen molar-refractivity contribution in [3.8, 4) is 0 Å². The summed E-state index contributed by atoms with van der Waals surface area (Å²) < 4.78 is 1.89. The summed E-state index contributed by atoms with van der Waals surface area (Å²) in [5.74, 6) is 1.06. The Kier molecular flexibility index (Phi) is 4.95. The molecule has 1 unspecified atom stereocenters. The first kappa shape index (κ1) is 14.0. The highest BCUT2D eigenvalue weighted by molar-refractivity contribution is 7.99. The van der Waals surface area contributed by atoms with Crippen molar-refractivity contribution in [3.63, 3.8) is 0 Å². The summed E-state index contributed by atoms with van der Waals surface area (Å²) in [6, 6.07) is -0.133. The van der Waals surface area contributed by atoms with E-state index in [4.69, 9.17) is 5.73 Å². The van der Waals surface area contributed by atoms with Crippen LogP contribution in [0.25, 0.3) is 0 Å². The lowest BCUT2D eigenvalue weighted by Gasteiger charge is -2.17. The largest absolute Gasteiger partial charge is 0.368 e. The quantitative estimate of drug-likeness (QED) is 0.704. The molecule has 0 aromatic carbocycles. The first-order valence-electron chi connectivity index (χ1n) is 5.46. The maximum Gasteiger partial charge on any atom is 0.235 e. The predicted molar refractivity (Wildman–Crippen MR) is 67.7 cm³/mol. The van der Waals surface area contributed by atoms with Crippen LogP contribution in [0.5, 0.6) is 0 Å². The average Bonchev–Trinajstić information content (AvgIpc) is 2.54. The van der Waals surface area contributed by atoms with Crippen LogP contribution in [0.1, 0.15) is 19.7 Å². The van der Waals surface area contributed by atoms with Gasteiger partial charge in [0.1, 0.15) is 5.82 Å². The number of thioether (sulfide) groups is 1. The van der Waals surface area contributed by atoms with Crippen LogP contribution in [0.15, 0.2) is 5.16 Å². The van der Waals surface area contributed by atoms with Gasteiger partial charge in [-0.15, -0.1) is 10.2 Å². The molecule has 0 fully saturated rings. The number of hydrogen-bond acceptors (Lipinski definition) is 5. The van der Waals surface area contributed by atoms with Gasteiger partial charge >= 0.3 is 0 Å². The van der Waals surface area contributed by atoms with E-state index in [0.717, 1.165) is 11.0 Å². The van der Waals surface area contributed by atoms with E-state index in [-0.39, 0.29) is 18.0 Å². The summed E-state index contributed by atoms with van der Waals surface area (Å²) in [5.41, 5.74) is 5.33. The monoisotopic (exact) mass is 257 g/mol. The van der Waals surface area contributed by atoms with E-state index >= 15 is 0 Å². The lowest BCUT2D eigenvalue weighted by Crippen LogP contribution is -2.46. The Morgan fingerprint density at radius 3 is 2.59 bits per heavy atom. The van der Waals surface area contributed by atoms with Crippen LogP contribution < -0.4 is 11.1 Å². The molecule has 0 bridgehead atoms. The summed E-state index contributed by atoms with van der Waals surface area (Å²) >= 11 is 1.47. The highest BCUT2D eigenvalue weighted by atomic mass is 32.2.